The van der Waals surface area contributed by atoms with Gasteiger partial charge in [0.15, 0.2) is 0 Å². The van der Waals surface area contributed by atoms with Crippen LogP contribution in [0.3, 0.4) is 0 Å². The Labute approximate surface area is 178 Å². The third kappa shape index (κ3) is 3.54. The lowest BCUT2D eigenvalue weighted by Gasteiger charge is -2.39. The van der Waals surface area contributed by atoms with E-state index in [9.17, 15) is 19.2 Å². The number of para-hydroxylation sites is 1. The molecule has 0 radical (unpaired) electrons. The highest BCUT2D eigenvalue weighted by molar-refractivity contribution is 6.06. The number of ether oxygens (including phenoxy) is 1. The van der Waals surface area contributed by atoms with Crippen molar-refractivity contribution in [1.82, 2.24) is 15.1 Å². The molecule has 5 rings (SSSR count). The predicted octanol–water partition coefficient (Wildman–Crippen LogP) is 1.35. The summed E-state index contributed by atoms with van der Waals surface area (Å²) < 4.78 is 5.84. The fourth-order valence-electron chi connectivity index (χ4n) is 4.24. The number of fused-ring (bicyclic) bond motifs is 1. The number of imide groups is 1. The molecule has 1 unspecified atom stereocenters. The van der Waals surface area contributed by atoms with Crippen molar-refractivity contribution < 1.29 is 23.9 Å². The van der Waals surface area contributed by atoms with Crippen LogP contribution in [-0.4, -0.2) is 58.7 Å². The van der Waals surface area contributed by atoms with Crippen LogP contribution in [-0.2, 0) is 16.1 Å². The minimum atomic E-state index is -0.664. The average Bonchev–Trinajstić information content (AvgIpc) is 3.06. The second-order valence-corrected chi connectivity index (χ2v) is 8.03. The molecule has 1 N–H and O–H groups in total. The number of carbonyl (C=O) groups is 4. The van der Waals surface area contributed by atoms with Crippen molar-refractivity contribution in [3.63, 3.8) is 0 Å². The molecule has 31 heavy (non-hydrogen) atoms. The van der Waals surface area contributed by atoms with Crippen molar-refractivity contribution in [1.29, 1.82) is 0 Å². The Kier molecular flexibility index (Phi) is 4.69. The van der Waals surface area contributed by atoms with Crippen molar-refractivity contribution in [3.05, 3.63) is 65.2 Å². The van der Waals surface area contributed by atoms with Gasteiger partial charge in [0.05, 0.1) is 13.1 Å². The molecule has 2 saturated heterocycles. The Morgan fingerprint density at radius 1 is 1.03 bits per heavy atom. The summed E-state index contributed by atoms with van der Waals surface area (Å²) in [6, 6.07) is 13.9. The minimum absolute atomic E-state index is 0.0505. The quantitative estimate of drug-likeness (QED) is 0.755. The van der Waals surface area contributed by atoms with Crippen molar-refractivity contribution in [2.45, 2.75) is 31.5 Å². The van der Waals surface area contributed by atoms with Gasteiger partial charge < -0.3 is 14.5 Å². The minimum Gasteiger partial charge on any atom is -0.487 e. The maximum absolute atomic E-state index is 12.9. The monoisotopic (exact) mass is 419 g/mol. The molecule has 8 heteroatoms. The van der Waals surface area contributed by atoms with Gasteiger partial charge in [-0.25, -0.2) is 0 Å². The van der Waals surface area contributed by atoms with Gasteiger partial charge in [0.1, 0.15) is 17.9 Å². The van der Waals surface area contributed by atoms with E-state index in [1.165, 1.54) is 4.90 Å². The Morgan fingerprint density at radius 2 is 1.81 bits per heavy atom. The van der Waals surface area contributed by atoms with E-state index in [1.54, 1.807) is 23.1 Å². The van der Waals surface area contributed by atoms with Crippen LogP contribution in [0.2, 0.25) is 0 Å². The van der Waals surface area contributed by atoms with Gasteiger partial charge in [-0.3, -0.25) is 24.5 Å². The third-order valence-corrected chi connectivity index (χ3v) is 5.96. The second kappa shape index (κ2) is 7.54. The zero-order valence-corrected chi connectivity index (χ0v) is 16.7. The van der Waals surface area contributed by atoms with Gasteiger partial charge in [-0.05, 0) is 36.2 Å². The van der Waals surface area contributed by atoms with Crippen LogP contribution in [0.4, 0.5) is 0 Å². The smallest absolute Gasteiger partial charge is 0.255 e. The van der Waals surface area contributed by atoms with Crippen LogP contribution in [0.15, 0.2) is 48.5 Å². The molecule has 2 aromatic carbocycles. The maximum atomic E-state index is 12.9. The lowest BCUT2D eigenvalue weighted by atomic mass is 10.0. The molecule has 4 amide bonds. The van der Waals surface area contributed by atoms with E-state index in [2.05, 4.69) is 5.32 Å². The lowest BCUT2D eigenvalue weighted by Crippen LogP contribution is -2.56. The van der Waals surface area contributed by atoms with Crippen molar-refractivity contribution in [3.8, 4) is 5.75 Å². The Hall–Kier alpha value is -3.68. The summed E-state index contributed by atoms with van der Waals surface area (Å²) in [6.45, 7) is 1.27. The molecule has 0 aliphatic carbocycles. The first kappa shape index (κ1) is 19.3. The van der Waals surface area contributed by atoms with Crippen molar-refractivity contribution in [2.75, 3.05) is 13.1 Å². The standard InChI is InChI=1S/C23H21N3O5/c27-20-9-8-19(21(28)24-20)26-11-15-7-6-14(10-18(15)23(26)30)22(29)25-12-17(13-25)31-16-4-2-1-3-5-16/h1-7,10,17,19H,8-9,11-13H2,(H,24,27,28). The Bertz CT molecular complexity index is 1080. The highest BCUT2D eigenvalue weighted by Crippen LogP contribution is 2.29. The van der Waals surface area contributed by atoms with Gasteiger partial charge in [-0.2, -0.15) is 0 Å². The normalized spacial score (nSPS) is 20.9. The molecule has 3 heterocycles. The fourth-order valence-corrected chi connectivity index (χ4v) is 4.24. The molecule has 1 atom stereocenters. The highest BCUT2D eigenvalue weighted by Gasteiger charge is 2.40. The van der Waals surface area contributed by atoms with Crippen molar-refractivity contribution >= 4 is 23.6 Å². The fraction of sp³-hybridized carbons (Fsp3) is 0.304. The molecule has 0 aromatic heterocycles. The largest absolute Gasteiger partial charge is 0.487 e. The number of nitrogens with one attached hydrogen (secondary N) is 1. The van der Waals surface area contributed by atoms with Gasteiger partial charge in [0, 0.05) is 24.1 Å². The lowest BCUT2D eigenvalue weighted by molar-refractivity contribution is -0.136. The van der Waals surface area contributed by atoms with Crippen LogP contribution in [0, 0.1) is 0 Å². The zero-order chi connectivity index (χ0) is 21.5. The summed E-state index contributed by atoms with van der Waals surface area (Å²) in [7, 11) is 0. The molecular weight excluding hydrogens is 398 g/mol. The van der Waals surface area contributed by atoms with Gasteiger partial charge in [-0.15, -0.1) is 0 Å². The summed E-state index contributed by atoms with van der Waals surface area (Å²) in [5, 5.41) is 2.29. The maximum Gasteiger partial charge on any atom is 0.255 e. The SMILES string of the molecule is O=C1CCC(N2Cc3ccc(C(=O)N4CC(Oc5ccccc5)C4)cc3C2=O)C(=O)N1. The van der Waals surface area contributed by atoms with Crippen LogP contribution in [0.25, 0.3) is 0 Å². The van der Waals surface area contributed by atoms with E-state index in [-0.39, 0.29) is 30.2 Å². The molecule has 0 spiro atoms. The third-order valence-electron chi connectivity index (χ3n) is 5.96. The number of hydrogen-bond acceptors (Lipinski definition) is 5. The second-order valence-electron chi connectivity index (χ2n) is 8.03. The summed E-state index contributed by atoms with van der Waals surface area (Å²) in [5.74, 6) is -0.423. The molecular formula is C23H21N3O5. The topological polar surface area (TPSA) is 96.0 Å². The van der Waals surface area contributed by atoms with Crippen molar-refractivity contribution in [2.24, 2.45) is 0 Å². The summed E-state index contributed by atoms with van der Waals surface area (Å²) in [4.78, 5) is 52.5. The van der Waals surface area contributed by atoms with E-state index in [0.717, 1.165) is 11.3 Å². The van der Waals surface area contributed by atoms with Crippen LogP contribution >= 0.6 is 0 Å². The van der Waals surface area contributed by atoms with E-state index in [0.29, 0.717) is 37.2 Å². The summed E-state index contributed by atoms with van der Waals surface area (Å²) in [6.07, 6.45) is 0.472. The summed E-state index contributed by atoms with van der Waals surface area (Å²) >= 11 is 0. The molecule has 3 aliphatic heterocycles. The molecule has 0 saturated carbocycles. The predicted molar refractivity (Wildman–Crippen MR) is 109 cm³/mol. The van der Waals surface area contributed by atoms with Crippen LogP contribution < -0.4 is 10.1 Å². The number of hydrogen-bond donors (Lipinski definition) is 1. The van der Waals surface area contributed by atoms with E-state index in [1.807, 2.05) is 30.3 Å². The Morgan fingerprint density at radius 3 is 2.55 bits per heavy atom. The van der Waals surface area contributed by atoms with E-state index in [4.69, 9.17) is 4.74 Å². The summed E-state index contributed by atoms with van der Waals surface area (Å²) in [5.41, 5.74) is 1.66. The number of likely N-dealkylation sites (tertiary alicyclic amines) is 1. The van der Waals surface area contributed by atoms with Gasteiger partial charge in [0.25, 0.3) is 11.8 Å². The van der Waals surface area contributed by atoms with Gasteiger partial charge in [0.2, 0.25) is 11.8 Å². The first-order chi connectivity index (χ1) is 15.0. The molecule has 0 bridgehead atoms. The van der Waals surface area contributed by atoms with E-state index < -0.39 is 11.9 Å². The molecule has 3 aliphatic rings. The first-order valence-corrected chi connectivity index (χ1v) is 10.3. The van der Waals surface area contributed by atoms with Gasteiger partial charge in [-0.1, -0.05) is 24.3 Å². The zero-order valence-electron chi connectivity index (χ0n) is 16.7. The average molecular weight is 419 g/mol. The van der Waals surface area contributed by atoms with E-state index >= 15 is 0 Å². The molecule has 2 fully saturated rings. The number of rotatable bonds is 4. The van der Waals surface area contributed by atoms with Gasteiger partial charge >= 0.3 is 0 Å². The molecule has 8 nitrogen and oxygen atoms in total. The number of piperidine rings is 1. The first-order valence-electron chi connectivity index (χ1n) is 10.3. The number of carbonyl (C=O) groups excluding carboxylic acids is 4. The molecule has 2 aromatic rings. The highest BCUT2D eigenvalue weighted by atomic mass is 16.5. The number of benzene rings is 2. The molecule has 158 valence electrons. The van der Waals surface area contributed by atoms with Crippen LogP contribution in [0.5, 0.6) is 5.75 Å². The number of nitrogens with zero attached hydrogens (tertiary/aromatic N) is 2. The number of amides is 4. The van der Waals surface area contributed by atoms with Crippen LogP contribution in [0.1, 0.15) is 39.1 Å². The Balaban J connectivity index is 1.24.